The van der Waals surface area contributed by atoms with Crippen molar-refractivity contribution in [1.29, 1.82) is 0 Å². The minimum absolute atomic E-state index is 0.0573. The average Bonchev–Trinajstić information content (AvgIpc) is 2.67. The number of amides is 1. The topological polar surface area (TPSA) is 66.5 Å². The molecule has 150 valence electrons. The molecule has 8 heteroatoms. The van der Waals surface area contributed by atoms with E-state index in [0.29, 0.717) is 16.1 Å². The standard InChI is InChI=1S/C21H18ClFN2O3S/c1-25(14-15-4-2-6-18(23)12-15)21(26)16-5-3-7-19(13-16)24-29(27,28)20-10-8-17(22)9-11-20/h2-13,24H,14H2,1H3. The zero-order chi connectivity index (χ0) is 21.0. The van der Waals surface area contributed by atoms with Gasteiger partial charge in [0, 0.05) is 29.9 Å². The summed E-state index contributed by atoms with van der Waals surface area (Å²) >= 11 is 5.80. The molecular formula is C21H18ClFN2O3S. The number of sulfonamides is 1. The highest BCUT2D eigenvalue weighted by Crippen LogP contribution is 2.20. The Morgan fingerprint density at radius 2 is 1.72 bits per heavy atom. The molecule has 0 fully saturated rings. The van der Waals surface area contributed by atoms with Crippen LogP contribution in [0.1, 0.15) is 15.9 Å². The fourth-order valence-corrected chi connectivity index (χ4v) is 3.92. The molecule has 0 saturated heterocycles. The number of hydrogen-bond donors (Lipinski definition) is 1. The van der Waals surface area contributed by atoms with Gasteiger partial charge in [0.1, 0.15) is 5.82 Å². The Hall–Kier alpha value is -2.90. The molecule has 0 aromatic heterocycles. The average molecular weight is 433 g/mol. The lowest BCUT2D eigenvalue weighted by molar-refractivity contribution is 0.0785. The summed E-state index contributed by atoms with van der Waals surface area (Å²) in [4.78, 5) is 14.2. The number of rotatable bonds is 6. The van der Waals surface area contributed by atoms with Crippen molar-refractivity contribution in [3.63, 3.8) is 0 Å². The van der Waals surface area contributed by atoms with Gasteiger partial charge >= 0.3 is 0 Å². The van der Waals surface area contributed by atoms with Crippen molar-refractivity contribution in [1.82, 2.24) is 4.90 Å². The molecule has 3 aromatic rings. The van der Waals surface area contributed by atoms with E-state index < -0.39 is 10.0 Å². The number of halogens is 2. The summed E-state index contributed by atoms with van der Waals surface area (Å²) in [5.74, 6) is -0.691. The van der Waals surface area contributed by atoms with Gasteiger partial charge < -0.3 is 4.90 Å². The minimum Gasteiger partial charge on any atom is -0.337 e. The number of hydrogen-bond acceptors (Lipinski definition) is 3. The number of carbonyl (C=O) groups is 1. The van der Waals surface area contributed by atoms with E-state index in [-0.39, 0.29) is 28.9 Å². The summed E-state index contributed by atoms with van der Waals surface area (Å²) in [5, 5.41) is 0.429. The second-order valence-electron chi connectivity index (χ2n) is 6.43. The lowest BCUT2D eigenvalue weighted by Crippen LogP contribution is -2.26. The highest BCUT2D eigenvalue weighted by atomic mass is 35.5. The van der Waals surface area contributed by atoms with Gasteiger partial charge in [0.25, 0.3) is 15.9 Å². The predicted molar refractivity (Wildman–Crippen MR) is 111 cm³/mol. The molecule has 0 heterocycles. The normalized spacial score (nSPS) is 11.1. The van der Waals surface area contributed by atoms with Crippen LogP contribution in [0.2, 0.25) is 5.02 Å². The van der Waals surface area contributed by atoms with Gasteiger partial charge in [0.05, 0.1) is 4.90 Å². The molecule has 0 bridgehead atoms. The Morgan fingerprint density at radius 3 is 2.41 bits per heavy atom. The van der Waals surface area contributed by atoms with Gasteiger partial charge in [-0.25, -0.2) is 12.8 Å². The molecule has 29 heavy (non-hydrogen) atoms. The van der Waals surface area contributed by atoms with Crippen LogP contribution in [0.3, 0.4) is 0 Å². The third kappa shape index (κ3) is 5.34. The summed E-state index contributed by atoms with van der Waals surface area (Å²) in [5.41, 5.74) is 1.21. The second kappa shape index (κ2) is 8.63. The maximum Gasteiger partial charge on any atom is 0.261 e. The van der Waals surface area contributed by atoms with Crippen molar-refractivity contribution in [3.05, 3.63) is 94.8 Å². The Labute approximate surface area is 173 Å². The maximum absolute atomic E-state index is 13.3. The van der Waals surface area contributed by atoms with Gasteiger partial charge in [0.2, 0.25) is 0 Å². The highest BCUT2D eigenvalue weighted by Gasteiger charge is 2.17. The van der Waals surface area contributed by atoms with E-state index in [1.165, 1.54) is 47.4 Å². The Morgan fingerprint density at radius 1 is 1.03 bits per heavy atom. The van der Waals surface area contributed by atoms with Crippen LogP contribution in [0.4, 0.5) is 10.1 Å². The molecule has 1 N–H and O–H groups in total. The molecule has 3 aromatic carbocycles. The molecular weight excluding hydrogens is 415 g/mol. The summed E-state index contributed by atoms with van der Waals surface area (Å²) in [7, 11) is -2.23. The van der Waals surface area contributed by atoms with Crippen LogP contribution in [-0.4, -0.2) is 26.3 Å². The molecule has 0 aliphatic carbocycles. The largest absolute Gasteiger partial charge is 0.337 e. The van der Waals surface area contributed by atoms with E-state index in [1.807, 2.05) is 0 Å². The number of anilines is 1. The molecule has 0 saturated carbocycles. The van der Waals surface area contributed by atoms with Crippen LogP contribution < -0.4 is 4.72 Å². The lowest BCUT2D eigenvalue weighted by atomic mass is 10.1. The Balaban J connectivity index is 1.76. The molecule has 0 atom stereocenters. The molecule has 0 aliphatic heterocycles. The van der Waals surface area contributed by atoms with Gasteiger partial charge in [-0.3, -0.25) is 9.52 Å². The quantitative estimate of drug-likeness (QED) is 0.621. The SMILES string of the molecule is CN(Cc1cccc(F)c1)C(=O)c1cccc(NS(=O)(=O)c2ccc(Cl)cc2)c1. The molecule has 0 radical (unpaired) electrons. The van der Waals surface area contributed by atoms with Crippen LogP contribution in [-0.2, 0) is 16.6 Å². The van der Waals surface area contributed by atoms with Crippen LogP contribution >= 0.6 is 11.6 Å². The van der Waals surface area contributed by atoms with Crippen molar-refractivity contribution in [3.8, 4) is 0 Å². The summed E-state index contributed by atoms with van der Waals surface area (Å²) in [6.07, 6.45) is 0. The maximum atomic E-state index is 13.3. The highest BCUT2D eigenvalue weighted by molar-refractivity contribution is 7.92. The van der Waals surface area contributed by atoms with Crippen molar-refractivity contribution < 1.29 is 17.6 Å². The Kier molecular flexibility index (Phi) is 6.20. The summed E-state index contributed by atoms with van der Waals surface area (Å²) in [6.45, 7) is 0.220. The number of carbonyl (C=O) groups excluding carboxylic acids is 1. The van der Waals surface area contributed by atoms with E-state index in [1.54, 1.807) is 37.4 Å². The predicted octanol–water partition coefficient (Wildman–Crippen LogP) is 4.55. The van der Waals surface area contributed by atoms with E-state index in [9.17, 15) is 17.6 Å². The zero-order valence-corrected chi connectivity index (χ0v) is 17.0. The van der Waals surface area contributed by atoms with Gasteiger partial charge in [-0.15, -0.1) is 0 Å². The summed E-state index contributed by atoms with van der Waals surface area (Å²) < 4.78 is 40.8. The van der Waals surface area contributed by atoms with Gasteiger partial charge in [0.15, 0.2) is 0 Å². The van der Waals surface area contributed by atoms with Crippen molar-refractivity contribution in [2.24, 2.45) is 0 Å². The zero-order valence-electron chi connectivity index (χ0n) is 15.5. The number of nitrogens with one attached hydrogen (secondary N) is 1. The molecule has 1 amide bonds. The lowest BCUT2D eigenvalue weighted by Gasteiger charge is -2.18. The fourth-order valence-electron chi connectivity index (χ4n) is 2.74. The van der Waals surface area contributed by atoms with Crippen molar-refractivity contribution in [2.45, 2.75) is 11.4 Å². The van der Waals surface area contributed by atoms with Gasteiger partial charge in [-0.1, -0.05) is 29.8 Å². The fraction of sp³-hybridized carbons (Fsp3) is 0.0952. The van der Waals surface area contributed by atoms with E-state index >= 15 is 0 Å². The molecule has 0 unspecified atom stereocenters. The molecule has 3 rings (SSSR count). The number of benzene rings is 3. The first kappa shape index (κ1) is 20.8. The second-order valence-corrected chi connectivity index (χ2v) is 8.55. The van der Waals surface area contributed by atoms with Crippen molar-refractivity contribution >= 4 is 33.2 Å². The first-order valence-corrected chi connectivity index (χ1v) is 10.5. The van der Waals surface area contributed by atoms with Crippen LogP contribution in [0.15, 0.2) is 77.7 Å². The minimum atomic E-state index is -3.82. The van der Waals surface area contributed by atoms with E-state index in [0.717, 1.165) is 0 Å². The summed E-state index contributed by atoms with van der Waals surface area (Å²) in [6, 6.07) is 17.9. The van der Waals surface area contributed by atoms with Crippen LogP contribution in [0.5, 0.6) is 0 Å². The van der Waals surface area contributed by atoms with E-state index in [2.05, 4.69) is 4.72 Å². The Bertz CT molecular complexity index is 1130. The first-order chi connectivity index (χ1) is 13.7. The van der Waals surface area contributed by atoms with Gasteiger partial charge in [-0.05, 0) is 60.2 Å². The smallest absolute Gasteiger partial charge is 0.261 e. The molecule has 0 spiro atoms. The first-order valence-electron chi connectivity index (χ1n) is 8.63. The van der Waals surface area contributed by atoms with Gasteiger partial charge in [-0.2, -0.15) is 0 Å². The number of nitrogens with zero attached hydrogens (tertiary/aromatic N) is 1. The monoisotopic (exact) mass is 432 g/mol. The molecule has 0 aliphatic rings. The van der Waals surface area contributed by atoms with Crippen LogP contribution in [0, 0.1) is 5.82 Å². The third-order valence-electron chi connectivity index (χ3n) is 4.14. The third-order valence-corrected chi connectivity index (χ3v) is 5.79. The van der Waals surface area contributed by atoms with E-state index in [4.69, 9.17) is 11.6 Å². The van der Waals surface area contributed by atoms with Crippen LogP contribution in [0.25, 0.3) is 0 Å². The molecule has 5 nitrogen and oxygen atoms in total. The van der Waals surface area contributed by atoms with Crippen molar-refractivity contribution in [2.75, 3.05) is 11.8 Å².